The highest BCUT2D eigenvalue weighted by Gasteiger charge is 2.12. The predicted octanol–water partition coefficient (Wildman–Crippen LogP) is 3.13. The number of nitrogens with one attached hydrogen (secondary N) is 1. The van der Waals surface area contributed by atoms with Gasteiger partial charge in [-0.15, -0.1) is 0 Å². The number of carbonyl (C=O) groups excluding carboxylic acids is 1. The van der Waals surface area contributed by atoms with Crippen molar-refractivity contribution in [3.8, 4) is 0 Å². The molecule has 0 atom stereocenters. The molecule has 0 aliphatic carbocycles. The van der Waals surface area contributed by atoms with Gasteiger partial charge in [0.2, 0.25) is 0 Å². The summed E-state index contributed by atoms with van der Waals surface area (Å²) in [4.78, 5) is 16.2. The molecule has 0 spiro atoms. The minimum Gasteiger partial charge on any atom is -0.398 e. The first-order chi connectivity index (χ1) is 8.97. The zero-order valence-electron chi connectivity index (χ0n) is 10.1. The van der Waals surface area contributed by atoms with E-state index in [1.165, 1.54) is 12.1 Å². The molecule has 1 aromatic heterocycles. The monoisotopic (exact) mass is 323 g/mol. The molecule has 0 unspecified atom stereocenters. The van der Waals surface area contributed by atoms with E-state index in [4.69, 9.17) is 5.73 Å². The second-order valence-corrected chi connectivity index (χ2v) is 4.80. The van der Waals surface area contributed by atoms with E-state index < -0.39 is 11.7 Å². The van der Waals surface area contributed by atoms with E-state index >= 15 is 0 Å². The summed E-state index contributed by atoms with van der Waals surface area (Å²) in [6.07, 6.45) is 0. The molecule has 1 heterocycles. The van der Waals surface area contributed by atoms with Crippen molar-refractivity contribution in [3.63, 3.8) is 0 Å². The fraction of sp³-hybridized carbons (Fsp3) is 0.0769. The summed E-state index contributed by atoms with van der Waals surface area (Å²) in [6.45, 7) is 1.80. The predicted molar refractivity (Wildman–Crippen MR) is 75.4 cm³/mol. The Morgan fingerprint density at radius 3 is 2.79 bits per heavy atom. The second-order valence-electron chi connectivity index (χ2n) is 3.95. The fourth-order valence-corrected chi connectivity index (χ4v) is 1.74. The Kier molecular flexibility index (Phi) is 3.80. The normalized spacial score (nSPS) is 10.3. The van der Waals surface area contributed by atoms with Crippen LogP contribution >= 0.6 is 15.9 Å². The molecule has 2 aromatic rings. The first-order valence-electron chi connectivity index (χ1n) is 5.47. The van der Waals surface area contributed by atoms with Crippen LogP contribution in [0.1, 0.15) is 16.1 Å². The van der Waals surface area contributed by atoms with Crippen molar-refractivity contribution in [3.05, 3.63) is 51.9 Å². The van der Waals surface area contributed by atoms with Gasteiger partial charge in [-0.2, -0.15) is 0 Å². The summed E-state index contributed by atoms with van der Waals surface area (Å²) in [5.41, 5.74) is 6.68. The van der Waals surface area contributed by atoms with Crippen molar-refractivity contribution < 1.29 is 9.18 Å². The van der Waals surface area contributed by atoms with Crippen LogP contribution in [0.2, 0.25) is 0 Å². The van der Waals surface area contributed by atoms with Gasteiger partial charge in [0.1, 0.15) is 11.6 Å². The molecule has 19 heavy (non-hydrogen) atoms. The lowest BCUT2D eigenvalue weighted by atomic mass is 10.1. The minimum absolute atomic E-state index is 0.0855. The van der Waals surface area contributed by atoms with E-state index in [2.05, 4.69) is 26.2 Å². The second kappa shape index (κ2) is 5.36. The van der Waals surface area contributed by atoms with Crippen molar-refractivity contribution in [1.29, 1.82) is 0 Å². The number of hydrogen-bond donors (Lipinski definition) is 2. The molecule has 3 N–H and O–H groups in total. The van der Waals surface area contributed by atoms with Crippen LogP contribution in [0.15, 0.2) is 34.8 Å². The zero-order valence-corrected chi connectivity index (χ0v) is 11.7. The van der Waals surface area contributed by atoms with Gasteiger partial charge < -0.3 is 11.1 Å². The number of amides is 1. The number of benzene rings is 1. The molecule has 0 aliphatic rings. The number of hydrogen-bond acceptors (Lipinski definition) is 3. The van der Waals surface area contributed by atoms with Crippen LogP contribution < -0.4 is 11.1 Å². The van der Waals surface area contributed by atoms with Gasteiger partial charge in [0, 0.05) is 10.2 Å². The highest BCUT2D eigenvalue weighted by molar-refractivity contribution is 9.10. The van der Waals surface area contributed by atoms with Crippen LogP contribution in [0.25, 0.3) is 0 Å². The summed E-state index contributed by atoms with van der Waals surface area (Å²) in [6, 6.07) is 7.06. The van der Waals surface area contributed by atoms with Crippen molar-refractivity contribution in [2.45, 2.75) is 6.92 Å². The van der Waals surface area contributed by atoms with E-state index in [1.807, 2.05) is 0 Å². The van der Waals surface area contributed by atoms with Gasteiger partial charge in [-0.25, -0.2) is 9.37 Å². The largest absolute Gasteiger partial charge is 0.398 e. The number of aryl methyl sites for hydroxylation is 1. The molecule has 4 nitrogen and oxygen atoms in total. The Labute approximate surface area is 118 Å². The van der Waals surface area contributed by atoms with Gasteiger partial charge in [0.25, 0.3) is 5.91 Å². The number of nitrogen functional groups attached to an aromatic ring is 1. The standard InChI is InChI=1S/C13H11BrFN3O/c1-7-10(14)3-5-12(17-7)18-13(19)9-6-8(15)2-4-11(9)16/h2-6H,16H2,1H3,(H,17,18,19). The van der Waals surface area contributed by atoms with Gasteiger partial charge >= 0.3 is 0 Å². The molecular weight excluding hydrogens is 313 g/mol. The highest BCUT2D eigenvalue weighted by atomic mass is 79.9. The smallest absolute Gasteiger partial charge is 0.259 e. The number of aromatic nitrogens is 1. The van der Waals surface area contributed by atoms with Crippen molar-refractivity contribution in [2.75, 3.05) is 11.1 Å². The third-order valence-electron chi connectivity index (χ3n) is 2.52. The Balaban J connectivity index is 2.25. The molecule has 0 radical (unpaired) electrons. The van der Waals surface area contributed by atoms with E-state index in [0.29, 0.717) is 5.82 Å². The maximum absolute atomic E-state index is 13.1. The highest BCUT2D eigenvalue weighted by Crippen LogP contribution is 2.18. The SMILES string of the molecule is Cc1nc(NC(=O)c2cc(F)ccc2N)ccc1Br. The summed E-state index contributed by atoms with van der Waals surface area (Å²) < 4.78 is 13.9. The zero-order chi connectivity index (χ0) is 14.0. The number of rotatable bonds is 2. The lowest BCUT2D eigenvalue weighted by Crippen LogP contribution is -2.15. The molecule has 6 heteroatoms. The molecular formula is C13H11BrFN3O. The number of nitrogens with zero attached hydrogens (tertiary/aromatic N) is 1. The third-order valence-corrected chi connectivity index (χ3v) is 3.36. The Morgan fingerprint density at radius 2 is 2.11 bits per heavy atom. The topological polar surface area (TPSA) is 68.0 Å². The van der Waals surface area contributed by atoms with E-state index in [1.54, 1.807) is 19.1 Å². The van der Waals surface area contributed by atoms with Gasteiger partial charge in [-0.1, -0.05) is 0 Å². The Bertz CT molecular complexity index is 646. The molecule has 98 valence electrons. The average Bonchev–Trinajstić information content (AvgIpc) is 2.36. The summed E-state index contributed by atoms with van der Waals surface area (Å²) >= 11 is 3.32. The molecule has 0 fully saturated rings. The molecule has 1 aromatic carbocycles. The molecule has 0 saturated carbocycles. The average molecular weight is 324 g/mol. The number of nitrogens with two attached hydrogens (primary N) is 1. The van der Waals surface area contributed by atoms with Crippen LogP contribution in [-0.2, 0) is 0 Å². The number of pyridine rings is 1. The van der Waals surface area contributed by atoms with Gasteiger partial charge in [0.05, 0.1) is 11.3 Å². The third kappa shape index (κ3) is 3.08. The molecule has 0 aliphatic heterocycles. The number of anilines is 2. The first kappa shape index (κ1) is 13.5. The molecule has 0 bridgehead atoms. The number of halogens is 2. The summed E-state index contributed by atoms with van der Waals surface area (Å²) in [7, 11) is 0. The summed E-state index contributed by atoms with van der Waals surface area (Å²) in [5.74, 6) is -0.625. The van der Waals surface area contributed by atoms with Crippen molar-refractivity contribution in [2.24, 2.45) is 0 Å². The Morgan fingerprint density at radius 1 is 1.37 bits per heavy atom. The summed E-state index contributed by atoms with van der Waals surface area (Å²) in [5, 5.41) is 2.58. The van der Waals surface area contributed by atoms with Crippen LogP contribution in [0.5, 0.6) is 0 Å². The van der Waals surface area contributed by atoms with Gasteiger partial charge in [-0.05, 0) is 53.2 Å². The minimum atomic E-state index is -0.515. The molecule has 2 rings (SSSR count). The van der Waals surface area contributed by atoms with Crippen molar-refractivity contribution >= 4 is 33.3 Å². The van der Waals surface area contributed by atoms with E-state index in [0.717, 1.165) is 16.2 Å². The van der Waals surface area contributed by atoms with Gasteiger partial charge in [0.15, 0.2) is 0 Å². The van der Waals surface area contributed by atoms with Crippen LogP contribution in [0.4, 0.5) is 15.9 Å². The maximum atomic E-state index is 13.1. The Hall–Kier alpha value is -1.95. The molecule has 0 saturated heterocycles. The maximum Gasteiger partial charge on any atom is 0.259 e. The number of carbonyl (C=O) groups is 1. The lowest BCUT2D eigenvalue weighted by Gasteiger charge is -2.08. The van der Waals surface area contributed by atoms with Crippen LogP contribution in [0, 0.1) is 12.7 Å². The van der Waals surface area contributed by atoms with Crippen LogP contribution in [-0.4, -0.2) is 10.9 Å². The molecule has 1 amide bonds. The lowest BCUT2D eigenvalue weighted by molar-refractivity contribution is 0.102. The van der Waals surface area contributed by atoms with Crippen LogP contribution in [0.3, 0.4) is 0 Å². The van der Waals surface area contributed by atoms with Crippen molar-refractivity contribution in [1.82, 2.24) is 4.98 Å². The van der Waals surface area contributed by atoms with E-state index in [9.17, 15) is 9.18 Å². The van der Waals surface area contributed by atoms with E-state index in [-0.39, 0.29) is 11.3 Å². The fourth-order valence-electron chi connectivity index (χ4n) is 1.52. The first-order valence-corrected chi connectivity index (χ1v) is 6.26. The quantitative estimate of drug-likeness (QED) is 0.834. The van der Waals surface area contributed by atoms with Gasteiger partial charge in [-0.3, -0.25) is 4.79 Å².